The number of aliphatic hydroxyl groups excluding tert-OH is 1. The summed E-state index contributed by atoms with van der Waals surface area (Å²) in [6, 6.07) is 0. The highest BCUT2D eigenvalue weighted by Gasteiger charge is 1.92. The van der Waals surface area contributed by atoms with E-state index in [1.165, 1.54) is 19.3 Å². The van der Waals surface area contributed by atoms with E-state index in [0.717, 1.165) is 19.3 Å². The molecule has 0 aromatic heterocycles. The van der Waals surface area contributed by atoms with Gasteiger partial charge in [-0.25, -0.2) is 0 Å². The van der Waals surface area contributed by atoms with Gasteiger partial charge in [-0.2, -0.15) is 0 Å². The Morgan fingerprint density at radius 3 is 2.48 bits per heavy atom. The van der Waals surface area contributed by atoms with E-state index in [1.54, 1.807) is 6.08 Å². The molecule has 0 saturated carbocycles. The summed E-state index contributed by atoms with van der Waals surface area (Å²) in [4.78, 5) is 10.2. The van der Waals surface area contributed by atoms with Crippen molar-refractivity contribution in [3.63, 3.8) is 0 Å². The Balaban J connectivity index is 3.61. The van der Waals surface area contributed by atoms with Crippen molar-refractivity contribution >= 4 is 5.97 Å². The molecule has 0 rings (SSSR count). The fraction of sp³-hybridized carbons (Fsp3) is 0.550. The number of unbranched alkanes of at least 4 members (excludes halogenated alkanes) is 4. The van der Waals surface area contributed by atoms with E-state index < -0.39 is 12.1 Å². The minimum Gasteiger partial charge on any atom is -0.550 e. The molecule has 0 aromatic carbocycles. The monoisotopic (exact) mass is 319 g/mol. The number of carbonyl (C=O) groups is 1. The lowest BCUT2D eigenvalue weighted by atomic mass is 10.2. The number of rotatable bonds is 14. The zero-order valence-corrected chi connectivity index (χ0v) is 14.3. The first-order chi connectivity index (χ1) is 11.2. The van der Waals surface area contributed by atoms with E-state index in [4.69, 9.17) is 0 Å². The summed E-state index contributed by atoms with van der Waals surface area (Å²) in [5.74, 6) is -0.990. The molecule has 3 heteroatoms. The molecule has 0 unspecified atom stereocenters. The van der Waals surface area contributed by atoms with E-state index in [1.807, 2.05) is 36.5 Å². The van der Waals surface area contributed by atoms with Crippen LogP contribution in [0.1, 0.15) is 64.7 Å². The van der Waals surface area contributed by atoms with Gasteiger partial charge in [0.15, 0.2) is 0 Å². The largest absolute Gasteiger partial charge is 0.550 e. The standard InChI is InChI=1S/C20H32O3/c1-2-3-4-5-7-10-13-16-19(21)17-14-11-8-6-9-12-15-18-20(22)23/h6-7,9-11,13-14,16,19,21H,2-5,8,12,15,17-18H2,1H3,(H,22,23)/p-1/b9-6-,10-7-,14-11-,16-13+/t19-/m1/s1. The van der Waals surface area contributed by atoms with Gasteiger partial charge < -0.3 is 15.0 Å². The van der Waals surface area contributed by atoms with Gasteiger partial charge in [-0.1, -0.05) is 68.4 Å². The summed E-state index contributed by atoms with van der Waals surface area (Å²) < 4.78 is 0. The van der Waals surface area contributed by atoms with Gasteiger partial charge in [0.05, 0.1) is 6.10 Å². The van der Waals surface area contributed by atoms with Crippen LogP contribution >= 0.6 is 0 Å². The zero-order valence-electron chi connectivity index (χ0n) is 14.3. The zero-order chi connectivity index (χ0) is 17.2. The normalized spacial score (nSPS) is 13.8. The molecule has 0 aliphatic heterocycles. The Labute approximate surface area is 141 Å². The molecule has 0 spiro atoms. The quantitative estimate of drug-likeness (QED) is 0.300. The van der Waals surface area contributed by atoms with Gasteiger partial charge in [0.2, 0.25) is 0 Å². The Morgan fingerprint density at radius 1 is 1.00 bits per heavy atom. The minimum absolute atomic E-state index is 0.117. The lowest BCUT2D eigenvalue weighted by molar-refractivity contribution is -0.305. The van der Waals surface area contributed by atoms with E-state index >= 15 is 0 Å². The second-order valence-corrected chi connectivity index (χ2v) is 5.55. The van der Waals surface area contributed by atoms with Crippen molar-refractivity contribution in [2.45, 2.75) is 70.8 Å². The maximum absolute atomic E-state index is 10.2. The summed E-state index contributed by atoms with van der Waals surface area (Å²) in [5.41, 5.74) is 0. The number of allylic oxidation sites excluding steroid dienone is 6. The number of carboxylic acids is 1. The molecule has 3 nitrogen and oxygen atoms in total. The van der Waals surface area contributed by atoms with Crippen LogP contribution in [0.2, 0.25) is 0 Å². The highest BCUT2D eigenvalue weighted by Crippen LogP contribution is 2.01. The van der Waals surface area contributed by atoms with Gasteiger partial charge >= 0.3 is 0 Å². The number of hydrogen-bond acceptors (Lipinski definition) is 3. The van der Waals surface area contributed by atoms with Gasteiger partial charge in [0.25, 0.3) is 0 Å². The predicted octanol–water partition coefficient (Wildman–Crippen LogP) is 3.85. The molecule has 0 aromatic rings. The first kappa shape index (κ1) is 21.4. The molecule has 0 fully saturated rings. The second kappa shape index (κ2) is 16.8. The van der Waals surface area contributed by atoms with Crippen LogP contribution in [-0.4, -0.2) is 17.2 Å². The highest BCUT2D eigenvalue weighted by molar-refractivity contribution is 5.64. The third kappa shape index (κ3) is 18.3. The van der Waals surface area contributed by atoms with Crippen molar-refractivity contribution in [3.8, 4) is 0 Å². The molecule has 0 aliphatic carbocycles. The van der Waals surface area contributed by atoms with Crippen LogP contribution in [0, 0.1) is 0 Å². The van der Waals surface area contributed by atoms with Crippen LogP contribution in [0.3, 0.4) is 0 Å². The van der Waals surface area contributed by atoms with Crippen LogP contribution < -0.4 is 5.11 Å². The molecule has 1 N–H and O–H groups in total. The summed E-state index contributed by atoms with van der Waals surface area (Å²) in [6.45, 7) is 2.19. The average Bonchev–Trinajstić information content (AvgIpc) is 2.52. The maximum Gasteiger partial charge on any atom is 0.0758 e. The Kier molecular flexibility index (Phi) is 15.6. The number of aliphatic hydroxyl groups is 1. The van der Waals surface area contributed by atoms with Crippen LogP contribution in [0.25, 0.3) is 0 Å². The number of carboxylic acid groups (broad SMARTS) is 1. The highest BCUT2D eigenvalue weighted by atomic mass is 16.4. The number of aliphatic carboxylic acids is 1. The minimum atomic E-state index is -0.990. The molecule has 0 radical (unpaired) electrons. The maximum atomic E-state index is 10.2. The van der Waals surface area contributed by atoms with E-state index in [-0.39, 0.29) is 6.42 Å². The molecular formula is C20H31O3-. The van der Waals surface area contributed by atoms with Gasteiger partial charge in [0, 0.05) is 5.97 Å². The Morgan fingerprint density at radius 2 is 1.74 bits per heavy atom. The lowest BCUT2D eigenvalue weighted by Gasteiger charge is -1.99. The SMILES string of the molecule is CCCCC/C=C\C=C\[C@@H](O)C/C=C\C/C=C\CCCC(=O)[O-]. The molecule has 0 aliphatic rings. The van der Waals surface area contributed by atoms with E-state index in [0.29, 0.717) is 12.8 Å². The van der Waals surface area contributed by atoms with Crippen LogP contribution in [0.15, 0.2) is 48.6 Å². The molecule has 130 valence electrons. The first-order valence-electron chi connectivity index (χ1n) is 8.68. The topological polar surface area (TPSA) is 60.4 Å². The molecule has 0 bridgehead atoms. The molecule has 23 heavy (non-hydrogen) atoms. The molecule has 1 atom stereocenters. The van der Waals surface area contributed by atoms with Gasteiger partial charge in [-0.05, 0) is 44.9 Å². The number of carbonyl (C=O) groups excluding carboxylic acids is 1. The van der Waals surface area contributed by atoms with Gasteiger partial charge in [0.1, 0.15) is 0 Å². The van der Waals surface area contributed by atoms with Crippen molar-refractivity contribution in [1.29, 1.82) is 0 Å². The smallest absolute Gasteiger partial charge is 0.0758 e. The first-order valence-corrected chi connectivity index (χ1v) is 8.68. The van der Waals surface area contributed by atoms with Crippen LogP contribution in [0.5, 0.6) is 0 Å². The molecule has 0 saturated heterocycles. The molecule has 0 heterocycles. The van der Waals surface area contributed by atoms with Crippen molar-refractivity contribution in [3.05, 3.63) is 48.6 Å². The Hall–Kier alpha value is -1.61. The average molecular weight is 319 g/mol. The van der Waals surface area contributed by atoms with E-state index in [9.17, 15) is 15.0 Å². The lowest BCUT2D eigenvalue weighted by Crippen LogP contribution is -2.21. The third-order valence-electron chi connectivity index (χ3n) is 3.29. The number of hydrogen-bond donors (Lipinski definition) is 1. The van der Waals surface area contributed by atoms with Gasteiger partial charge in [-0.15, -0.1) is 0 Å². The third-order valence-corrected chi connectivity index (χ3v) is 3.29. The van der Waals surface area contributed by atoms with Crippen molar-refractivity contribution in [2.24, 2.45) is 0 Å². The van der Waals surface area contributed by atoms with Crippen molar-refractivity contribution in [1.82, 2.24) is 0 Å². The summed E-state index contributed by atoms with van der Waals surface area (Å²) >= 11 is 0. The fourth-order valence-electron chi connectivity index (χ4n) is 1.95. The van der Waals surface area contributed by atoms with Crippen molar-refractivity contribution < 1.29 is 15.0 Å². The fourth-order valence-corrected chi connectivity index (χ4v) is 1.95. The van der Waals surface area contributed by atoms with Gasteiger partial charge in [-0.3, -0.25) is 0 Å². The molecule has 0 amide bonds. The molecular weight excluding hydrogens is 288 g/mol. The second-order valence-electron chi connectivity index (χ2n) is 5.55. The summed E-state index contributed by atoms with van der Waals surface area (Å²) in [5, 5.41) is 20.0. The summed E-state index contributed by atoms with van der Waals surface area (Å²) in [7, 11) is 0. The van der Waals surface area contributed by atoms with Crippen LogP contribution in [0.4, 0.5) is 0 Å². The van der Waals surface area contributed by atoms with E-state index in [2.05, 4.69) is 13.0 Å². The predicted molar refractivity (Wildman–Crippen MR) is 94.8 cm³/mol. The summed E-state index contributed by atoms with van der Waals surface area (Å²) in [6.07, 6.45) is 23.1. The van der Waals surface area contributed by atoms with Crippen LogP contribution in [-0.2, 0) is 4.79 Å². The Bertz CT molecular complexity index is 392. The van der Waals surface area contributed by atoms with Crippen molar-refractivity contribution in [2.75, 3.05) is 0 Å².